The van der Waals surface area contributed by atoms with E-state index in [1.54, 1.807) is 0 Å². The van der Waals surface area contributed by atoms with Crippen molar-refractivity contribution in [3.8, 4) is 5.75 Å². The molecule has 2 bridgehead atoms. The van der Waals surface area contributed by atoms with Crippen LogP contribution >= 0.6 is 0 Å². The molecule has 0 spiro atoms. The van der Waals surface area contributed by atoms with Crippen LogP contribution in [0, 0.1) is 11.8 Å². The first-order chi connectivity index (χ1) is 9.52. The molecule has 3 aliphatic heterocycles. The maximum Gasteiger partial charge on any atom is 0.119 e. The summed E-state index contributed by atoms with van der Waals surface area (Å²) in [7, 11) is 0. The Morgan fingerprint density at radius 1 is 1.10 bits per heavy atom. The van der Waals surface area contributed by atoms with Gasteiger partial charge >= 0.3 is 0 Å². The predicted octanol–water partition coefficient (Wildman–Crippen LogP) is 3.70. The molecule has 0 radical (unpaired) electrons. The van der Waals surface area contributed by atoms with Crippen LogP contribution in [0.3, 0.4) is 0 Å². The van der Waals surface area contributed by atoms with Crippen LogP contribution in [0.4, 0.5) is 0 Å². The fraction of sp³-hybridized carbons (Fsp3) is 0.667. The van der Waals surface area contributed by atoms with Gasteiger partial charge < -0.3 is 9.64 Å². The van der Waals surface area contributed by atoms with Gasteiger partial charge in [-0.2, -0.15) is 0 Å². The summed E-state index contributed by atoms with van der Waals surface area (Å²) < 4.78 is 6.04. The molecule has 3 heterocycles. The van der Waals surface area contributed by atoms with E-state index in [1.165, 1.54) is 38.0 Å². The monoisotopic (exact) mass is 273 g/mol. The van der Waals surface area contributed by atoms with E-state index in [2.05, 4.69) is 49.9 Å². The highest BCUT2D eigenvalue weighted by Crippen LogP contribution is 2.33. The van der Waals surface area contributed by atoms with Crippen molar-refractivity contribution in [2.24, 2.45) is 11.8 Å². The Labute approximate surface area is 123 Å². The lowest BCUT2D eigenvalue weighted by Gasteiger charge is -2.44. The van der Waals surface area contributed by atoms with Crippen molar-refractivity contribution >= 4 is 0 Å². The molecule has 4 rings (SSSR count). The van der Waals surface area contributed by atoms with E-state index in [4.69, 9.17) is 4.74 Å². The Bertz CT molecular complexity index is 437. The first-order valence-corrected chi connectivity index (χ1v) is 7.98. The summed E-state index contributed by atoms with van der Waals surface area (Å²) in [6.07, 6.45) is 2.74. The topological polar surface area (TPSA) is 12.5 Å². The van der Waals surface area contributed by atoms with E-state index >= 15 is 0 Å². The van der Waals surface area contributed by atoms with Gasteiger partial charge in [-0.1, -0.05) is 32.9 Å². The first-order valence-electron chi connectivity index (χ1n) is 7.98. The Balaban J connectivity index is 1.56. The van der Waals surface area contributed by atoms with Gasteiger partial charge in [0.05, 0.1) is 6.61 Å². The zero-order chi connectivity index (χ0) is 14.2. The lowest BCUT2D eigenvalue weighted by molar-refractivity contribution is 0.0257. The standard InChI is InChI=1S/C18H27NO/c1-18(2,3)16-4-6-17(7-5-16)20-13-15-12-19-10-8-14(15)9-11-19/h4-7,14-15H,8-13H2,1-3H3. The zero-order valence-corrected chi connectivity index (χ0v) is 13.1. The minimum Gasteiger partial charge on any atom is -0.493 e. The van der Waals surface area contributed by atoms with Gasteiger partial charge in [0.2, 0.25) is 0 Å². The van der Waals surface area contributed by atoms with Crippen LogP contribution in [0.2, 0.25) is 0 Å². The van der Waals surface area contributed by atoms with Crippen LogP contribution in [0.5, 0.6) is 5.75 Å². The molecule has 1 aromatic rings. The molecule has 110 valence electrons. The van der Waals surface area contributed by atoms with Crippen molar-refractivity contribution in [1.29, 1.82) is 0 Å². The van der Waals surface area contributed by atoms with Gasteiger partial charge in [0.1, 0.15) is 5.75 Å². The second kappa shape index (κ2) is 5.40. The molecule has 20 heavy (non-hydrogen) atoms. The van der Waals surface area contributed by atoms with Gasteiger partial charge in [0.15, 0.2) is 0 Å². The van der Waals surface area contributed by atoms with Gasteiger partial charge in [0.25, 0.3) is 0 Å². The number of fused-ring (bicyclic) bond motifs is 3. The third kappa shape index (κ3) is 3.01. The highest BCUT2D eigenvalue weighted by Gasteiger charge is 2.34. The number of hydrogen-bond acceptors (Lipinski definition) is 2. The molecule has 3 fully saturated rings. The maximum atomic E-state index is 6.04. The second-order valence-electron chi connectivity index (χ2n) is 7.48. The number of rotatable bonds is 3. The van der Waals surface area contributed by atoms with Gasteiger partial charge in [-0.25, -0.2) is 0 Å². The third-order valence-electron chi connectivity index (χ3n) is 4.98. The van der Waals surface area contributed by atoms with E-state index in [9.17, 15) is 0 Å². The summed E-state index contributed by atoms with van der Waals surface area (Å²) in [5.74, 6) is 2.66. The van der Waals surface area contributed by atoms with Crippen molar-refractivity contribution < 1.29 is 4.74 Å². The zero-order valence-electron chi connectivity index (χ0n) is 13.1. The molecule has 3 aliphatic rings. The third-order valence-corrected chi connectivity index (χ3v) is 4.98. The number of piperidine rings is 3. The van der Waals surface area contributed by atoms with Crippen LogP contribution < -0.4 is 4.74 Å². The number of hydrogen-bond donors (Lipinski definition) is 0. The minimum atomic E-state index is 0.217. The van der Waals surface area contributed by atoms with E-state index in [1.807, 2.05) is 0 Å². The Morgan fingerprint density at radius 3 is 2.25 bits per heavy atom. The van der Waals surface area contributed by atoms with E-state index in [0.29, 0.717) is 0 Å². The van der Waals surface area contributed by atoms with Gasteiger partial charge in [-0.3, -0.25) is 0 Å². The van der Waals surface area contributed by atoms with Crippen LogP contribution in [0.1, 0.15) is 39.2 Å². The van der Waals surface area contributed by atoms with Crippen molar-refractivity contribution in [3.05, 3.63) is 29.8 Å². The van der Waals surface area contributed by atoms with Crippen LogP contribution in [0.15, 0.2) is 24.3 Å². The highest BCUT2D eigenvalue weighted by molar-refractivity contribution is 5.31. The fourth-order valence-electron chi connectivity index (χ4n) is 3.53. The molecular formula is C18H27NO. The van der Waals surface area contributed by atoms with Gasteiger partial charge in [-0.05, 0) is 55.0 Å². The average molecular weight is 273 g/mol. The van der Waals surface area contributed by atoms with Crippen molar-refractivity contribution in [2.75, 3.05) is 26.2 Å². The molecule has 0 aliphatic carbocycles. The average Bonchev–Trinajstić information content (AvgIpc) is 2.46. The van der Waals surface area contributed by atoms with Crippen molar-refractivity contribution in [1.82, 2.24) is 4.90 Å². The lowest BCUT2D eigenvalue weighted by atomic mass is 9.79. The van der Waals surface area contributed by atoms with Crippen LogP contribution in [-0.2, 0) is 5.41 Å². The molecule has 2 heteroatoms. The first kappa shape index (κ1) is 13.9. The number of ether oxygens (including phenoxy) is 1. The molecule has 3 saturated heterocycles. The van der Waals surface area contributed by atoms with Crippen LogP contribution in [0.25, 0.3) is 0 Å². The lowest BCUT2D eigenvalue weighted by Crippen LogP contribution is -2.49. The van der Waals surface area contributed by atoms with E-state index < -0.39 is 0 Å². The molecule has 0 aromatic heterocycles. The maximum absolute atomic E-state index is 6.04. The summed E-state index contributed by atoms with van der Waals surface area (Å²) in [5, 5.41) is 0. The molecule has 2 nitrogen and oxygen atoms in total. The summed E-state index contributed by atoms with van der Waals surface area (Å²) in [6, 6.07) is 8.65. The Morgan fingerprint density at radius 2 is 1.75 bits per heavy atom. The smallest absolute Gasteiger partial charge is 0.119 e. The molecule has 0 N–H and O–H groups in total. The number of benzene rings is 1. The largest absolute Gasteiger partial charge is 0.493 e. The quantitative estimate of drug-likeness (QED) is 0.832. The molecule has 1 unspecified atom stereocenters. The molecular weight excluding hydrogens is 246 g/mol. The van der Waals surface area contributed by atoms with Crippen LogP contribution in [-0.4, -0.2) is 31.1 Å². The van der Waals surface area contributed by atoms with E-state index in [-0.39, 0.29) is 5.41 Å². The highest BCUT2D eigenvalue weighted by atomic mass is 16.5. The van der Waals surface area contributed by atoms with Gasteiger partial charge in [-0.15, -0.1) is 0 Å². The summed E-state index contributed by atoms with van der Waals surface area (Å²) in [4.78, 5) is 2.59. The summed E-state index contributed by atoms with van der Waals surface area (Å²) in [5.41, 5.74) is 1.58. The summed E-state index contributed by atoms with van der Waals surface area (Å²) in [6.45, 7) is 11.5. The predicted molar refractivity (Wildman–Crippen MR) is 83.3 cm³/mol. The van der Waals surface area contributed by atoms with Crippen molar-refractivity contribution in [2.45, 2.75) is 39.0 Å². The molecule has 0 amide bonds. The normalized spacial score (nSPS) is 29.4. The van der Waals surface area contributed by atoms with Gasteiger partial charge in [0, 0.05) is 12.5 Å². The second-order valence-corrected chi connectivity index (χ2v) is 7.48. The molecule has 1 aromatic carbocycles. The van der Waals surface area contributed by atoms with Crippen molar-refractivity contribution in [3.63, 3.8) is 0 Å². The SMILES string of the molecule is CC(C)(C)c1ccc(OCC2CN3CCC2CC3)cc1. The fourth-order valence-corrected chi connectivity index (χ4v) is 3.53. The Hall–Kier alpha value is -1.02. The minimum absolute atomic E-state index is 0.217. The Kier molecular flexibility index (Phi) is 3.76. The molecule has 0 saturated carbocycles. The van der Waals surface area contributed by atoms with E-state index in [0.717, 1.165) is 24.2 Å². The number of nitrogens with zero attached hydrogens (tertiary/aromatic N) is 1. The molecule has 1 atom stereocenters. The summed E-state index contributed by atoms with van der Waals surface area (Å²) >= 11 is 0.